The maximum absolute atomic E-state index is 11.6. The van der Waals surface area contributed by atoms with E-state index in [0.29, 0.717) is 13.0 Å². The number of hydrogen-bond donors (Lipinski definition) is 1. The average molecular weight is 263 g/mol. The Balaban J connectivity index is 2.41. The maximum atomic E-state index is 11.6. The normalized spacial score (nSPS) is 11.2. The predicted octanol–water partition coefficient (Wildman–Crippen LogP) is 3.70. The van der Waals surface area contributed by atoms with Gasteiger partial charge in [0.15, 0.2) is 0 Å². The molecular formula is C16H25NO2. The Morgan fingerprint density at radius 2 is 2.00 bits per heavy atom. The van der Waals surface area contributed by atoms with Gasteiger partial charge in [0.1, 0.15) is 5.60 Å². The third kappa shape index (κ3) is 5.77. The van der Waals surface area contributed by atoms with E-state index in [-0.39, 0.29) is 5.97 Å². The van der Waals surface area contributed by atoms with Gasteiger partial charge in [0.25, 0.3) is 0 Å². The number of ether oxygens (including phenoxy) is 1. The van der Waals surface area contributed by atoms with Crippen molar-refractivity contribution in [3.05, 3.63) is 29.3 Å². The molecule has 0 saturated carbocycles. The summed E-state index contributed by atoms with van der Waals surface area (Å²) in [7, 11) is 0. The highest BCUT2D eigenvalue weighted by molar-refractivity contribution is 5.70. The zero-order chi connectivity index (χ0) is 14.5. The number of esters is 1. The van der Waals surface area contributed by atoms with Crippen LogP contribution in [0.2, 0.25) is 0 Å². The number of carbonyl (C=O) groups is 1. The van der Waals surface area contributed by atoms with Crippen molar-refractivity contribution in [1.82, 2.24) is 0 Å². The lowest BCUT2D eigenvalue weighted by molar-refractivity contribution is -0.154. The van der Waals surface area contributed by atoms with Gasteiger partial charge in [-0.3, -0.25) is 4.79 Å². The number of hydrogen-bond acceptors (Lipinski definition) is 3. The molecule has 3 nitrogen and oxygen atoms in total. The fourth-order valence-corrected chi connectivity index (χ4v) is 1.90. The molecule has 0 amide bonds. The molecule has 1 rings (SSSR count). The molecule has 0 atom stereocenters. The summed E-state index contributed by atoms with van der Waals surface area (Å²) in [6.07, 6.45) is 1.43. The van der Waals surface area contributed by atoms with E-state index in [2.05, 4.69) is 37.4 Å². The quantitative estimate of drug-likeness (QED) is 0.823. The van der Waals surface area contributed by atoms with Crippen LogP contribution in [-0.2, 0) is 16.0 Å². The average Bonchev–Trinajstić information content (AvgIpc) is 2.26. The highest BCUT2D eigenvalue weighted by Crippen LogP contribution is 2.15. The van der Waals surface area contributed by atoms with E-state index in [4.69, 9.17) is 4.74 Å². The van der Waals surface area contributed by atoms with Crippen LogP contribution >= 0.6 is 0 Å². The van der Waals surface area contributed by atoms with Crippen LogP contribution in [0.25, 0.3) is 0 Å². The van der Waals surface area contributed by atoms with Gasteiger partial charge in [0.05, 0.1) is 6.42 Å². The fourth-order valence-electron chi connectivity index (χ4n) is 1.90. The van der Waals surface area contributed by atoms with Crippen LogP contribution in [0.5, 0.6) is 0 Å². The van der Waals surface area contributed by atoms with Crippen molar-refractivity contribution in [1.29, 1.82) is 0 Å². The van der Waals surface area contributed by atoms with Crippen molar-refractivity contribution in [3.63, 3.8) is 0 Å². The molecule has 1 aromatic carbocycles. The second kappa shape index (κ2) is 6.60. The largest absolute Gasteiger partial charge is 0.460 e. The van der Waals surface area contributed by atoms with Crippen LogP contribution in [0, 0.1) is 6.92 Å². The molecule has 0 bridgehead atoms. The number of benzene rings is 1. The van der Waals surface area contributed by atoms with Crippen molar-refractivity contribution in [2.75, 3.05) is 11.9 Å². The molecule has 0 aliphatic rings. The molecule has 0 aliphatic heterocycles. The summed E-state index contributed by atoms with van der Waals surface area (Å²) in [5.74, 6) is -0.165. The molecule has 0 radical (unpaired) electrons. The zero-order valence-electron chi connectivity index (χ0n) is 12.7. The molecule has 1 aromatic rings. The minimum absolute atomic E-state index is 0.165. The van der Waals surface area contributed by atoms with Gasteiger partial charge in [-0.1, -0.05) is 13.0 Å². The molecule has 0 heterocycles. The molecule has 3 heteroatoms. The highest BCUT2D eigenvalue weighted by Gasteiger charge is 2.15. The SMILES string of the molecule is CCc1ccc(NCCC(=O)OC(C)(C)C)cc1C. The molecule has 0 aliphatic carbocycles. The molecule has 0 aromatic heterocycles. The van der Waals surface area contributed by atoms with Crippen LogP contribution in [-0.4, -0.2) is 18.1 Å². The van der Waals surface area contributed by atoms with Gasteiger partial charge >= 0.3 is 5.97 Å². The van der Waals surface area contributed by atoms with Crippen LogP contribution in [0.1, 0.15) is 45.2 Å². The lowest BCUT2D eigenvalue weighted by Gasteiger charge is -2.19. The Hall–Kier alpha value is -1.51. The van der Waals surface area contributed by atoms with Gasteiger partial charge in [0, 0.05) is 12.2 Å². The molecular weight excluding hydrogens is 238 g/mol. The number of anilines is 1. The molecule has 0 unspecified atom stereocenters. The van der Waals surface area contributed by atoms with E-state index in [1.165, 1.54) is 11.1 Å². The van der Waals surface area contributed by atoms with Crippen molar-refractivity contribution in [2.45, 2.75) is 53.1 Å². The van der Waals surface area contributed by atoms with E-state index in [1.807, 2.05) is 20.8 Å². The van der Waals surface area contributed by atoms with Crippen molar-refractivity contribution in [3.8, 4) is 0 Å². The summed E-state index contributed by atoms with van der Waals surface area (Å²) in [6.45, 7) is 10.5. The van der Waals surface area contributed by atoms with Gasteiger partial charge in [-0.25, -0.2) is 0 Å². The maximum Gasteiger partial charge on any atom is 0.308 e. The number of aryl methyl sites for hydroxylation is 2. The Morgan fingerprint density at radius 1 is 1.32 bits per heavy atom. The lowest BCUT2D eigenvalue weighted by Crippen LogP contribution is -2.25. The minimum Gasteiger partial charge on any atom is -0.460 e. The number of rotatable bonds is 5. The monoisotopic (exact) mass is 263 g/mol. The molecule has 106 valence electrons. The standard InChI is InChI=1S/C16H25NO2/c1-6-13-7-8-14(11-12(13)2)17-10-9-15(18)19-16(3,4)5/h7-8,11,17H,6,9-10H2,1-5H3. The Kier molecular flexibility index (Phi) is 5.40. The predicted molar refractivity (Wildman–Crippen MR) is 79.5 cm³/mol. The first-order chi connectivity index (χ1) is 8.81. The summed E-state index contributed by atoms with van der Waals surface area (Å²) in [5.41, 5.74) is 3.29. The summed E-state index contributed by atoms with van der Waals surface area (Å²) < 4.78 is 5.26. The first kappa shape index (κ1) is 15.5. The van der Waals surface area contributed by atoms with E-state index >= 15 is 0 Å². The summed E-state index contributed by atoms with van der Waals surface area (Å²) in [6, 6.07) is 6.31. The summed E-state index contributed by atoms with van der Waals surface area (Å²) in [4.78, 5) is 11.6. The molecule has 0 spiro atoms. The third-order valence-corrected chi connectivity index (χ3v) is 2.80. The second-order valence-corrected chi connectivity index (χ2v) is 5.76. The Bertz CT molecular complexity index is 433. The van der Waals surface area contributed by atoms with Crippen molar-refractivity contribution >= 4 is 11.7 Å². The summed E-state index contributed by atoms with van der Waals surface area (Å²) in [5, 5.41) is 3.25. The van der Waals surface area contributed by atoms with E-state index in [1.54, 1.807) is 0 Å². The Morgan fingerprint density at radius 3 is 2.53 bits per heavy atom. The van der Waals surface area contributed by atoms with Gasteiger partial charge in [-0.05, 0) is 57.4 Å². The molecule has 19 heavy (non-hydrogen) atoms. The van der Waals surface area contributed by atoms with E-state index < -0.39 is 5.60 Å². The smallest absolute Gasteiger partial charge is 0.308 e. The van der Waals surface area contributed by atoms with Gasteiger partial charge in [-0.2, -0.15) is 0 Å². The van der Waals surface area contributed by atoms with Gasteiger partial charge in [-0.15, -0.1) is 0 Å². The third-order valence-electron chi connectivity index (χ3n) is 2.80. The highest BCUT2D eigenvalue weighted by atomic mass is 16.6. The van der Waals surface area contributed by atoms with Crippen molar-refractivity contribution in [2.24, 2.45) is 0 Å². The summed E-state index contributed by atoms with van der Waals surface area (Å²) >= 11 is 0. The van der Waals surface area contributed by atoms with Crippen LogP contribution in [0.15, 0.2) is 18.2 Å². The lowest BCUT2D eigenvalue weighted by atomic mass is 10.1. The number of carbonyl (C=O) groups excluding carboxylic acids is 1. The van der Waals surface area contributed by atoms with E-state index in [0.717, 1.165) is 12.1 Å². The number of nitrogens with one attached hydrogen (secondary N) is 1. The fraction of sp³-hybridized carbons (Fsp3) is 0.562. The molecule has 0 fully saturated rings. The van der Waals surface area contributed by atoms with Crippen LogP contribution < -0.4 is 5.32 Å². The van der Waals surface area contributed by atoms with E-state index in [9.17, 15) is 4.79 Å². The van der Waals surface area contributed by atoms with Gasteiger partial charge < -0.3 is 10.1 Å². The van der Waals surface area contributed by atoms with Gasteiger partial charge in [0.2, 0.25) is 0 Å². The molecule has 1 N–H and O–H groups in total. The van der Waals surface area contributed by atoms with Crippen LogP contribution in [0.4, 0.5) is 5.69 Å². The Labute approximate surface area is 116 Å². The zero-order valence-corrected chi connectivity index (χ0v) is 12.7. The van der Waals surface area contributed by atoms with Crippen molar-refractivity contribution < 1.29 is 9.53 Å². The van der Waals surface area contributed by atoms with Crippen LogP contribution in [0.3, 0.4) is 0 Å². The molecule has 0 saturated heterocycles. The minimum atomic E-state index is -0.406. The topological polar surface area (TPSA) is 38.3 Å². The first-order valence-corrected chi connectivity index (χ1v) is 6.87. The second-order valence-electron chi connectivity index (χ2n) is 5.76. The first-order valence-electron chi connectivity index (χ1n) is 6.87.